The van der Waals surface area contributed by atoms with Gasteiger partial charge in [0.05, 0.1) is 27.6 Å². The van der Waals surface area contributed by atoms with Gasteiger partial charge in [-0.2, -0.15) is 5.10 Å². The van der Waals surface area contributed by atoms with Crippen LogP contribution in [0.4, 0.5) is 10.2 Å². The van der Waals surface area contributed by atoms with E-state index < -0.39 is 0 Å². The van der Waals surface area contributed by atoms with Crippen LogP contribution in [0.2, 0.25) is 0 Å². The first kappa shape index (κ1) is 28.9. The molecule has 0 spiro atoms. The number of carbonyl (C=O) groups is 1. The first-order chi connectivity index (χ1) is 21.3. The number of fused-ring (bicyclic) bond motifs is 1. The number of ketones is 1. The van der Waals surface area contributed by atoms with E-state index in [1.54, 1.807) is 18.2 Å². The van der Waals surface area contributed by atoms with Crippen LogP contribution in [0.1, 0.15) is 66.6 Å². The van der Waals surface area contributed by atoms with Crippen molar-refractivity contribution in [3.8, 4) is 17.2 Å². The molecule has 44 heavy (non-hydrogen) atoms. The number of aromatic nitrogens is 3. The summed E-state index contributed by atoms with van der Waals surface area (Å²) in [6.07, 6.45) is 12.3. The Bertz CT molecular complexity index is 1800. The van der Waals surface area contributed by atoms with Gasteiger partial charge in [-0.1, -0.05) is 12.5 Å². The summed E-state index contributed by atoms with van der Waals surface area (Å²) in [4.78, 5) is 19.4. The van der Waals surface area contributed by atoms with Crippen molar-refractivity contribution in [1.82, 2.24) is 19.7 Å². The number of nitrogens with zero attached hydrogens (tertiary/aromatic N) is 3. The zero-order valence-electron chi connectivity index (χ0n) is 24.6. The third-order valence-corrected chi connectivity index (χ3v) is 9.64. The van der Waals surface area contributed by atoms with Crippen LogP contribution in [-0.2, 0) is 0 Å². The first-order valence-electron chi connectivity index (χ1n) is 15.3. The maximum atomic E-state index is 14.2. The molecule has 10 heteroatoms. The van der Waals surface area contributed by atoms with E-state index in [0.29, 0.717) is 35.5 Å². The van der Waals surface area contributed by atoms with Crippen molar-refractivity contribution in [3.05, 3.63) is 87.6 Å². The molecule has 2 fully saturated rings. The number of likely N-dealkylation sites (tertiary alicyclic amines) is 1. The monoisotopic (exact) mass is 659 g/mol. The number of halogens is 2. The molecule has 1 saturated heterocycles. The molecule has 1 aliphatic heterocycles. The van der Waals surface area contributed by atoms with Gasteiger partial charge in [0.15, 0.2) is 5.76 Å². The lowest BCUT2D eigenvalue weighted by molar-refractivity contribution is 0.0491. The van der Waals surface area contributed by atoms with Crippen molar-refractivity contribution >= 4 is 38.4 Å². The van der Waals surface area contributed by atoms with Crippen LogP contribution in [-0.4, -0.2) is 50.7 Å². The van der Waals surface area contributed by atoms with Crippen molar-refractivity contribution in [1.29, 1.82) is 0 Å². The smallest absolute Gasteiger partial charge is 0.214 e. The largest absolute Gasteiger partial charge is 0.489 e. The minimum atomic E-state index is -0.261. The van der Waals surface area contributed by atoms with E-state index in [1.165, 1.54) is 30.1 Å². The molecule has 0 radical (unpaired) electrons. The Kier molecular flexibility index (Phi) is 7.80. The number of allylic oxidation sites excluding steroid dienone is 3. The van der Waals surface area contributed by atoms with Gasteiger partial charge in [-0.15, -0.1) is 0 Å². The topological polar surface area (TPSA) is 98.4 Å². The third-order valence-electron chi connectivity index (χ3n) is 9.02. The first-order valence-corrected chi connectivity index (χ1v) is 16.1. The number of carbonyl (C=O) groups excluding carboxylic acids is 1. The molecule has 4 aromatic rings. The molecule has 0 amide bonds. The summed E-state index contributed by atoms with van der Waals surface area (Å²) in [7, 11) is 0. The number of benzene rings is 2. The van der Waals surface area contributed by atoms with Crippen LogP contribution in [0, 0.1) is 6.92 Å². The van der Waals surface area contributed by atoms with Crippen molar-refractivity contribution in [2.45, 2.75) is 64.0 Å². The van der Waals surface area contributed by atoms with Crippen LogP contribution >= 0.6 is 15.9 Å². The second-order valence-electron chi connectivity index (χ2n) is 11.9. The lowest BCUT2D eigenvalue weighted by atomic mass is 9.90. The van der Waals surface area contributed by atoms with E-state index in [-0.39, 0.29) is 29.3 Å². The quantitative estimate of drug-likeness (QED) is 0.190. The van der Waals surface area contributed by atoms with E-state index in [9.17, 15) is 9.18 Å². The lowest BCUT2D eigenvalue weighted by Crippen LogP contribution is -2.46. The SMILES string of the molecule is Cc1cc(-n2ncc(C(=O)c3cc4cc(OC5CCN(C6CCC6)CC5)c(Br)cc4[nH]3)c2N)ccc1OC1=C(F)CCC=C1. The Morgan fingerprint density at radius 3 is 2.66 bits per heavy atom. The van der Waals surface area contributed by atoms with E-state index in [4.69, 9.17) is 15.2 Å². The number of nitrogens with two attached hydrogens (primary N) is 1. The van der Waals surface area contributed by atoms with Gasteiger partial charge in [0.1, 0.15) is 29.2 Å². The number of hydrogen-bond acceptors (Lipinski definition) is 6. The average molecular weight is 661 g/mol. The molecule has 7 rings (SSSR count). The summed E-state index contributed by atoms with van der Waals surface area (Å²) in [5, 5.41) is 5.29. The number of aryl methyl sites for hydroxylation is 1. The Morgan fingerprint density at radius 2 is 1.93 bits per heavy atom. The van der Waals surface area contributed by atoms with Crippen molar-refractivity contribution in [3.63, 3.8) is 0 Å². The Balaban J connectivity index is 1.06. The molecule has 3 N–H and O–H groups in total. The summed E-state index contributed by atoms with van der Waals surface area (Å²) in [5.41, 5.74) is 9.44. The number of anilines is 1. The zero-order chi connectivity index (χ0) is 30.4. The highest BCUT2D eigenvalue weighted by Gasteiger charge is 2.30. The molecular formula is C34H35BrFN5O3. The van der Waals surface area contributed by atoms with Crippen molar-refractivity contribution < 1.29 is 18.7 Å². The van der Waals surface area contributed by atoms with Gasteiger partial charge >= 0.3 is 0 Å². The van der Waals surface area contributed by atoms with E-state index in [1.807, 2.05) is 37.3 Å². The van der Waals surface area contributed by atoms with Gasteiger partial charge < -0.3 is 25.1 Å². The van der Waals surface area contributed by atoms with Gasteiger partial charge in [-0.05, 0) is 103 Å². The number of hydrogen-bond donors (Lipinski definition) is 2. The fraction of sp³-hybridized carbons (Fsp3) is 0.353. The fourth-order valence-corrected chi connectivity index (χ4v) is 6.66. The summed E-state index contributed by atoms with van der Waals surface area (Å²) in [6.45, 7) is 4.04. The number of aromatic amines is 1. The molecule has 0 atom stereocenters. The molecule has 1 saturated carbocycles. The van der Waals surface area contributed by atoms with Gasteiger partial charge in [0, 0.05) is 36.5 Å². The molecular weight excluding hydrogens is 625 g/mol. The van der Waals surface area contributed by atoms with Gasteiger partial charge in [-0.25, -0.2) is 9.07 Å². The molecule has 8 nitrogen and oxygen atoms in total. The Morgan fingerprint density at radius 1 is 1.11 bits per heavy atom. The van der Waals surface area contributed by atoms with Crippen LogP contribution in [0.15, 0.2) is 70.8 Å². The van der Waals surface area contributed by atoms with Crippen LogP contribution in [0.5, 0.6) is 11.5 Å². The molecule has 2 aromatic carbocycles. The van der Waals surface area contributed by atoms with E-state index >= 15 is 0 Å². The standard InChI is InChI=1S/C34H35BrFN5O3/c1-20-15-23(9-10-30(20)44-31-8-3-2-7-27(31)36)41-34(37)25(19-38-41)33(42)29-16-21-17-32(26(35)18-28(21)39-29)43-24-11-13-40(14-12-24)22-5-4-6-22/h3,8-10,15-19,22,24,39H,2,4-7,11-14,37H2,1H3. The van der Waals surface area contributed by atoms with Crippen LogP contribution in [0.3, 0.4) is 0 Å². The van der Waals surface area contributed by atoms with E-state index in [0.717, 1.165) is 58.7 Å². The minimum absolute atomic E-state index is 0.178. The number of H-pyrrole nitrogens is 1. The summed E-state index contributed by atoms with van der Waals surface area (Å²) in [6, 6.07) is 11.9. The predicted molar refractivity (Wildman–Crippen MR) is 172 cm³/mol. The maximum absolute atomic E-state index is 14.2. The molecule has 0 unspecified atom stereocenters. The molecule has 3 heterocycles. The normalized spacial score (nSPS) is 18.2. The number of nitrogens with one attached hydrogen (secondary N) is 1. The minimum Gasteiger partial charge on any atom is -0.489 e. The number of nitrogen functional groups attached to an aromatic ring is 1. The van der Waals surface area contributed by atoms with Crippen molar-refractivity contribution in [2.75, 3.05) is 18.8 Å². The summed E-state index contributed by atoms with van der Waals surface area (Å²) < 4.78 is 28.8. The molecule has 0 bridgehead atoms. The van der Waals surface area contributed by atoms with Gasteiger partial charge in [0.25, 0.3) is 0 Å². The Hall–Kier alpha value is -3.89. The third kappa shape index (κ3) is 5.57. The van der Waals surface area contributed by atoms with Crippen molar-refractivity contribution in [2.24, 2.45) is 0 Å². The highest BCUT2D eigenvalue weighted by atomic mass is 79.9. The fourth-order valence-electron chi connectivity index (χ4n) is 6.22. The van der Waals surface area contributed by atoms with E-state index in [2.05, 4.69) is 30.9 Å². The number of ether oxygens (including phenoxy) is 2. The Labute approximate surface area is 263 Å². The lowest BCUT2D eigenvalue weighted by Gasteiger charge is -2.41. The van der Waals surface area contributed by atoms with Gasteiger partial charge in [0.2, 0.25) is 5.78 Å². The second-order valence-corrected chi connectivity index (χ2v) is 12.8. The van der Waals surface area contributed by atoms with Crippen LogP contribution < -0.4 is 15.2 Å². The highest BCUT2D eigenvalue weighted by Crippen LogP contribution is 2.35. The molecule has 228 valence electrons. The highest BCUT2D eigenvalue weighted by molar-refractivity contribution is 9.10. The average Bonchev–Trinajstić information content (AvgIpc) is 3.58. The summed E-state index contributed by atoms with van der Waals surface area (Å²) >= 11 is 3.67. The predicted octanol–water partition coefficient (Wildman–Crippen LogP) is 7.54. The van der Waals surface area contributed by atoms with Gasteiger partial charge in [-0.3, -0.25) is 4.79 Å². The molecule has 3 aliphatic rings. The maximum Gasteiger partial charge on any atom is 0.214 e. The molecule has 2 aliphatic carbocycles. The number of rotatable bonds is 8. The second kappa shape index (κ2) is 11.9. The number of piperidine rings is 1. The summed E-state index contributed by atoms with van der Waals surface area (Å²) in [5.74, 6) is 1.26. The molecule has 2 aromatic heterocycles. The zero-order valence-corrected chi connectivity index (χ0v) is 26.2. The van der Waals surface area contributed by atoms with Crippen LogP contribution in [0.25, 0.3) is 16.6 Å².